The lowest BCUT2D eigenvalue weighted by molar-refractivity contribution is -0.138. The van der Waals surface area contributed by atoms with Crippen LogP contribution in [0.15, 0.2) is 12.1 Å². The zero-order valence-corrected chi connectivity index (χ0v) is 11.3. The number of aliphatic carboxylic acids is 1. The van der Waals surface area contributed by atoms with Gasteiger partial charge in [0.1, 0.15) is 0 Å². The minimum atomic E-state index is -0.649. The van der Waals surface area contributed by atoms with E-state index in [9.17, 15) is 4.79 Å². The first-order valence-corrected chi connectivity index (χ1v) is 6.49. The van der Waals surface area contributed by atoms with Crippen molar-refractivity contribution in [2.24, 2.45) is 11.8 Å². The molecule has 98 valence electrons. The first kappa shape index (κ1) is 13.1. The highest BCUT2D eigenvalue weighted by molar-refractivity contribution is 5.73. The molecule has 1 aromatic carbocycles. The second kappa shape index (κ2) is 5.11. The summed E-state index contributed by atoms with van der Waals surface area (Å²) in [7, 11) is 0. The number of carbonyl (C=O) groups is 1. The smallest absolute Gasteiger partial charge is 0.306 e. The van der Waals surface area contributed by atoms with Crippen LogP contribution in [0.4, 0.5) is 0 Å². The van der Waals surface area contributed by atoms with Gasteiger partial charge in [-0.25, -0.2) is 0 Å². The molecular formula is C15H21NO2. The van der Waals surface area contributed by atoms with Crippen LogP contribution >= 0.6 is 0 Å². The van der Waals surface area contributed by atoms with Crippen molar-refractivity contribution in [2.75, 3.05) is 6.54 Å². The third-order valence-corrected chi connectivity index (χ3v) is 3.79. The Bertz CT molecular complexity index is 445. The van der Waals surface area contributed by atoms with Crippen molar-refractivity contribution in [3.8, 4) is 0 Å². The Balaban J connectivity index is 1.86. The molecule has 2 N–H and O–H groups in total. The van der Waals surface area contributed by atoms with E-state index in [0.717, 1.165) is 19.5 Å². The molecule has 1 aromatic rings. The highest BCUT2D eigenvalue weighted by atomic mass is 16.4. The Kier molecular flexibility index (Phi) is 3.71. The van der Waals surface area contributed by atoms with Gasteiger partial charge in [-0.1, -0.05) is 17.7 Å². The van der Waals surface area contributed by atoms with Crippen LogP contribution in [0.25, 0.3) is 0 Å². The zero-order valence-electron chi connectivity index (χ0n) is 11.3. The van der Waals surface area contributed by atoms with Crippen LogP contribution in [0, 0.1) is 32.6 Å². The highest BCUT2D eigenvalue weighted by Crippen LogP contribution is 2.37. The number of rotatable bonds is 5. The van der Waals surface area contributed by atoms with E-state index in [4.69, 9.17) is 5.11 Å². The van der Waals surface area contributed by atoms with Crippen LogP contribution in [-0.4, -0.2) is 17.6 Å². The molecule has 0 saturated heterocycles. The van der Waals surface area contributed by atoms with Gasteiger partial charge in [-0.15, -0.1) is 0 Å². The van der Waals surface area contributed by atoms with Gasteiger partial charge in [0.25, 0.3) is 0 Å². The van der Waals surface area contributed by atoms with E-state index >= 15 is 0 Å². The molecule has 2 atom stereocenters. The Morgan fingerprint density at radius 1 is 1.33 bits per heavy atom. The average Bonchev–Trinajstić information content (AvgIpc) is 3.01. The van der Waals surface area contributed by atoms with Crippen molar-refractivity contribution in [1.82, 2.24) is 5.32 Å². The molecule has 18 heavy (non-hydrogen) atoms. The number of benzene rings is 1. The predicted octanol–water partition coefficient (Wildman–Crippen LogP) is 2.42. The van der Waals surface area contributed by atoms with E-state index in [0.29, 0.717) is 5.92 Å². The van der Waals surface area contributed by atoms with E-state index in [1.165, 1.54) is 22.3 Å². The fraction of sp³-hybridized carbons (Fsp3) is 0.533. The molecule has 2 rings (SSSR count). The normalized spacial score (nSPS) is 21.9. The minimum absolute atomic E-state index is 0.113. The Labute approximate surface area is 108 Å². The van der Waals surface area contributed by atoms with Crippen LogP contribution in [0.3, 0.4) is 0 Å². The lowest BCUT2D eigenvalue weighted by Crippen LogP contribution is -2.19. The number of nitrogens with one attached hydrogen (secondary N) is 1. The van der Waals surface area contributed by atoms with Gasteiger partial charge in [0, 0.05) is 6.54 Å². The van der Waals surface area contributed by atoms with Crippen molar-refractivity contribution < 1.29 is 9.90 Å². The van der Waals surface area contributed by atoms with Crippen LogP contribution in [0.2, 0.25) is 0 Å². The van der Waals surface area contributed by atoms with Crippen molar-refractivity contribution in [3.05, 3.63) is 34.4 Å². The fourth-order valence-corrected chi connectivity index (χ4v) is 2.65. The third kappa shape index (κ3) is 2.91. The second-order valence-electron chi connectivity index (χ2n) is 5.45. The maximum atomic E-state index is 10.7. The van der Waals surface area contributed by atoms with Crippen LogP contribution < -0.4 is 5.32 Å². The van der Waals surface area contributed by atoms with Gasteiger partial charge in [-0.05, 0) is 56.3 Å². The topological polar surface area (TPSA) is 49.3 Å². The molecule has 3 heteroatoms. The summed E-state index contributed by atoms with van der Waals surface area (Å²) in [6.45, 7) is 8.02. The van der Waals surface area contributed by atoms with Gasteiger partial charge in [0.2, 0.25) is 0 Å². The summed E-state index contributed by atoms with van der Waals surface area (Å²) in [6.07, 6.45) is 0.828. The second-order valence-corrected chi connectivity index (χ2v) is 5.45. The molecule has 2 unspecified atom stereocenters. The predicted molar refractivity (Wildman–Crippen MR) is 71.6 cm³/mol. The van der Waals surface area contributed by atoms with Crippen molar-refractivity contribution in [2.45, 2.75) is 33.7 Å². The standard InChI is InChI=1S/C15H21NO2/c1-9-4-10(2)14(11(3)5-9)8-16-7-12-6-13(12)15(17)18/h4-5,12-13,16H,6-8H2,1-3H3,(H,17,18). The molecule has 0 spiro atoms. The SMILES string of the molecule is Cc1cc(C)c(CNCC2CC2C(=O)O)c(C)c1. The summed E-state index contributed by atoms with van der Waals surface area (Å²) < 4.78 is 0. The number of hydrogen-bond acceptors (Lipinski definition) is 2. The maximum absolute atomic E-state index is 10.7. The number of carboxylic acids is 1. The first-order valence-electron chi connectivity index (χ1n) is 6.49. The van der Waals surface area contributed by atoms with Crippen LogP contribution in [-0.2, 0) is 11.3 Å². The third-order valence-electron chi connectivity index (χ3n) is 3.79. The van der Waals surface area contributed by atoms with E-state index in [1.807, 2.05) is 0 Å². The van der Waals surface area contributed by atoms with E-state index in [-0.39, 0.29) is 5.92 Å². The minimum Gasteiger partial charge on any atom is -0.481 e. The zero-order chi connectivity index (χ0) is 13.3. The van der Waals surface area contributed by atoms with Crippen LogP contribution in [0.5, 0.6) is 0 Å². The number of hydrogen-bond donors (Lipinski definition) is 2. The summed E-state index contributed by atoms with van der Waals surface area (Å²) in [5, 5.41) is 12.2. The van der Waals surface area contributed by atoms with Crippen molar-refractivity contribution in [3.63, 3.8) is 0 Å². The lowest BCUT2D eigenvalue weighted by atomic mass is 10.00. The molecule has 0 radical (unpaired) electrons. The Hall–Kier alpha value is -1.35. The number of aryl methyl sites for hydroxylation is 3. The molecule has 1 saturated carbocycles. The Morgan fingerprint density at radius 3 is 2.44 bits per heavy atom. The quantitative estimate of drug-likeness (QED) is 0.840. The number of carboxylic acid groups (broad SMARTS) is 1. The highest BCUT2D eigenvalue weighted by Gasteiger charge is 2.42. The molecule has 1 fully saturated rings. The van der Waals surface area contributed by atoms with Gasteiger partial charge in [-0.2, -0.15) is 0 Å². The summed E-state index contributed by atoms with van der Waals surface area (Å²) in [5.41, 5.74) is 5.26. The molecule has 0 amide bonds. The summed E-state index contributed by atoms with van der Waals surface area (Å²) in [4.78, 5) is 10.7. The van der Waals surface area contributed by atoms with E-state index < -0.39 is 5.97 Å². The summed E-state index contributed by atoms with van der Waals surface area (Å²) in [6, 6.07) is 4.39. The molecule has 1 aliphatic carbocycles. The van der Waals surface area contributed by atoms with Gasteiger partial charge in [0.05, 0.1) is 5.92 Å². The van der Waals surface area contributed by atoms with Crippen molar-refractivity contribution >= 4 is 5.97 Å². The average molecular weight is 247 g/mol. The fourth-order valence-electron chi connectivity index (χ4n) is 2.65. The molecule has 0 aromatic heterocycles. The Morgan fingerprint density at radius 2 is 1.94 bits per heavy atom. The van der Waals surface area contributed by atoms with Crippen LogP contribution in [0.1, 0.15) is 28.7 Å². The van der Waals surface area contributed by atoms with Gasteiger partial charge in [-0.3, -0.25) is 4.79 Å². The maximum Gasteiger partial charge on any atom is 0.306 e. The molecule has 0 bridgehead atoms. The molecule has 3 nitrogen and oxygen atoms in total. The molecular weight excluding hydrogens is 226 g/mol. The summed E-state index contributed by atoms with van der Waals surface area (Å²) in [5.74, 6) is -0.434. The molecule has 0 heterocycles. The lowest BCUT2D eigenvalue weighted by Gasteiger charge is -2.12. The van der Waals surface area contributed by atoms with Crippen molar-refractivity contribution in [1.29, 1.82) is 0 Å². The van der Waals surface area contributed by atoms with Gasteiger partial charge in [0.15, 0.2) is 0 Å². The van der Waals surface area contributed by atoms with Gasteiger partial charge >= 0.3 is 5.97 Å². The van der Waals surface area contributed by atoms with Gasteiger partial charge < -0.3 is 10.4 Å². The molecule has 0 aliphatic heterocycles. The largest absolute Gasteiger partial charge is 0.481 e. The molecule has 1 aliphatic rings. The monoisotopic (exact) mass is 247 g/mol. The summed E-state index contributed by atoms with van der Waals surface area (Å²) >= 11 is 0. The van der Waals surface area contributed by atoms with E-state index in [1.54, 1.807) is 0 Å². The van der Waals surface area contributed by atoms with E-state index in [2.05, 4.69) is 38.2 Å². The first-order chi connectivity index (χ1) is 8.49.